The molecule has 1 rings (SSSR count). The minimum absolute atomic E-state index is 0.0450. The zero-order chi connectivity index (χ0) is 13.7. The quantitative estimate of drug-likeness (QED) is 0.773. The number of carboxylic acids is 1. The second kappa shape index (κ2) is 6.58. The van der Waals surface area contributed by atoms with Crippen LogP contribution < -0.4 is 5.32 Å². The number of hydrogen-bond donors (Lipinski definition) is 2. The number of carbonyl (C=O) groups excluding carboxylic acids is 1. The number of likely N-dealkylation sites (N-methyl/N-ethyl adjacent to an activating group) is 1. The Morgan fingerprint density at radius 3 is 2.67 bits per heavy atom. The van der Waals surface area contributed by atoms with E-state index in [1.807, 2.05) is 0 Å². The molecule has 1 saturated heterocycles. The molecular weight excluding hydrogens is 234 g/mol. The molecule has 0 saturated carbocycles. The summed E-state index contributed by atoms with van der Waals surface area (Å²) < 4.78 is 0. The van der Waals surface area contributed by atoms with Crippen molar-refractivity contribution in [3.63, 3.8) is 0 Å². The predicted octanol–water partition coefficient (Wildman–Crippen LogP) is 0.585. The molecular formula is C12H23N3O3. The number of hydrogen-bond acceptors (Lipinski definition) is 3. The molecule has 2 N–H and O–H groups in total. The molecule has 18 heavy (non-hydrogen) atoms. The van der Waals surface area contributed by atoms with Crippen LogP contribution in [0.4, 0.5) is 4.79 Å². The largest absolute Gasteiger partial charge is 0.481 e. The number of nitrogens with one attached hydrogen (secondary N) is 1. The van der Waals surface area contributed by atoms with Crippen LogP contribution in [0.3, 0.4) is 0 Å². The fourth-order valence-corrected chi connectivity index (χ4v) is 2.19. The lowest BCUT2D eigenvalue weighted by atomic mass is 10.1. The number of amides is 2. The lowest BCUT2D eigenvalue weighted by Crippen LogP contribution is -2.56. The van der Waals surface area contributed by atoms with Crippen LogP contribution in [0, 0.1) is 0 Å². The average molecular weight is 257 g/mol. The summed E-state index contributed by atoms with van der Waals surface area (Å²) in [7, 11) is 2.07. The highest BCUT2D eigenvalue weighted by atomic mass is 16.4. The van der Waals surface area contributed by atoms with E-state index < -0.39 is 5.97 Å². The van der Waals surface area contributed by atoms with E-state index in [1.165, 1.54) is 0 Å². The van der Waals surface area contributed by atoms with E-state index in [0.29, 0.717) is 19.1 Å². The van der Waals surface area contributed by atoms with Gasteiger partial charge in [-0.3, -0.25) is 9.69 Å². The summed E-state index contributed by atoms with van der Waals surface area (Å²) >= 11 is 0. The Bertz CT molecular complexity index is 309. The number of urea groups is 1. The summed E-state index contributed by atoms with van der Waals surface area (Å²) in [5, 5.41) is 11.4. The Kier molecular flexibility index (Phi) is 5.40. The molecule has 0 aromatic carbocycles. The Morgan fingerprint density at radius 1 is 1.44 bits per heavy atom. The second-order valence-electron chi connectivity index (χ2n) is 4.94. The van der Waals surface area contributed by atoms with Crippen molar-refractivity contribution in [3.05, 3.63) is 0 Å². The maximum absolute atomic E-state index is 12.0. The lowest BCUT2D eigenvalue weighted by Gasteiger charge is -2.39. The Balaban J connectivity index is 2.44. The molecule has 1 fully saturated rings. The van der Waals surface area contributed by atoms with Crippen LogP contribution in [-0.2, 0) is 4.79 Å². The van der Waals surface area contributed by atoms with Crippen molar-refractivity contribution in [1.82, 2.24) is 15.1 Å². The summed E-state index contributed by atoms with van der Waals surface area (Å²) in [4.78, 5) is 26.5. The molecule has 0 aliphatic carbocycles. The van der Waals surface area contributed by atoms with Crippen molar-refractivity contribution in [1.29, 1.82) is 0 Å². The first-order chi connectivity index (χ1) is 8.43. The van der Waals surface area contributed by atoms with Gasteiger partial charge < -0.3 is 15.3 Å². The van der Waals surface area contributed by atoms with Crippen LogP contribution in [0.5, 0.6) is 0 Å². The molecule has 0 aromatic rings. The minimum atomic E-state index is -0.896. The summed E-state index contributed by atoms with van der Waals surface area (Å²) in [6.07, 6.45) is 0.960. The third-order valence-electron chi connectivity index (χ3n) is 3.39. The normalized spacial score (nSPS) is 22.6. The first kappa shape index (κ1) is 14.8. The van der Waals surface area contributed by atoms with Gasteiger partial charge in [0.1, 0.15) is 0 Å². The highest BCUT2D eigenvalue weighted by Gasteiger charge is 2.26. The Hall–Kier alpha value is -1.30. The van der Waals surface area contributed by atoms with Gasteiger partial charge in [-0.15, -0.1) is 0 Å². The van der Waals surface area contributed by atoms with Gasteiger partial charge in [-0.05, 0) is 20.4 Å². The predicted molar refractivity (Wildman–Crippen MR) is 68.5 cm³/mol. The molecule has 1 aliphatic rings. The standard InChI is InChI=1S/C12H23N3O3/c1-4-10-8-15(6-5-14(10)3)12(18)13-9(2)7-11(16)17/h9-10H,4-8H2,1-3H3,(H,13,18)(H,16,17). The first-order valence-electron chi connectivity index (χ1n) is 6.41. The molecule has 2 atom stereocenters. The lowest BCUT2D eigenvalue weighted by molar-refractivity contribution is -0.137. The molecule has 0 bridgehead atoms. The van der Waals surface area contributed by atoms with Crippen molar-refractivity contribution < 1.29 is 14.7 Å². The first-order valence-corrected chi connectivity index (χ1v) is 6.41. The molecule has 0 spiro atoms. The van der Waals surface area contributed by atoms with E-state index in [0.717, 1.165) is 13.0 Å². The van der Waals surface area contributed by atoms with Gasteiger partial charge in [0.15, 0.2) is 0 Å². The van der Waals surface area contributed by atoms with E-state index in [9.17, 15) is 9.59 Å². The van der Waals surface area contributed by atoms with E-state index in [2.05, 4.69) is 24.2 Å². The Labute approximate surface area is 108 Å². The van der Waals surface area contributed by atoms with Gasteiger partial charge in [0, 0.05) is 31.7 Å². The van der Waals surface area contributed by atoms with Gasteiger partial charge >= 0.3 is 12.0 Å². The highest BCUT2D eigenvalue weighted by molar-refractivity contribution is 5.76. The van der Waals surface area contributed by atoms with Gasteiger partial charge in [0.2, 0.25) is 0 Å². The van der Waals surface area contributed by atoms with E-state index >= 15 is 0 Å². The van der Waals surface area contributed by atoms with Crippen LogP contribution in [0.2, 0.25) is 0 Å². The number of nitrogens with zero attached hydrogens (tertiary/aromatic N) is 2. The molecule has 0 aromatic heterocycles. The van der Waals surface area contributed by atoms with Crippen molar-refractivity contribution in [2.75, 3.05) is 26.7 Å². The van der Waals surface area contributed by atoms with Gasteiger partial charge in [-0.1, -0.05) is 6.92 Å². The minimum Gasteiger partial charge on any atom is -0.481 e. The van der Waals surface area contributed by atoms with Crippen LogP contribution >= 0.6 is 0 Å². The van der Waals surface area contributed by atoms with E-state index in [1.54, 1.807) is 11.8 Å². The molecule has 1 aliphatic heterocycles. The van der Waals surface area contributed by atoms with Crippen molar-refractivity contribution in [2.24, 2.45) is 0 Å². The fraction of sp³-hybridized carbons (Fsp3) is 0.833. The molecule has 0 radical (unpaired) electrons. The van der Waals surface area contributed by atoms with Gasteiger partial charge in [-0.2, -0.15) is 0 Å². The summed E-state index contributed by atoms with van der Waals surface area (Å²) in [6, 6.07) is -0.107. The van der Waals surface area contributed by atoms with Crippen molar-refractivity contribution in [2.45, 2.75) is 38.8 Å². The molecule has 6 heteroatoms. The monoisotopic (exact) mass is 257 g/mol. The molecule has 6 nitrogen and oxygen atoms in total. The maximum Gasteiger partial charge on any atom is 0.317 e. The topological polar surface area (TPSA) is 72.9 Å². The summed E-state index contributed by atoms with van der Waals surface area (Å²) in [6.45, 7) is 6.07. The summed E-state index contributed by atoms with van der Waals surface area (Å²) in [5.74, 6) is -0.896. The van der Waals surface area contributed by atoms with E-state index in [4.69, 9.17) is 5.11 Å². The van der Waals surface area contributed by atoms with Gasteiger partial charge in [-0.25, -0.2) is 4.79 Å². The third-order valence-corrected chi connectivity index (χ3v) is 3.39. The average Bonchev–Trinajstić information content (AvgIpc) is 2.28. The zero-order valence-corrected chi connectivity index (χ0v) is 11.3. The number of aliphatic carboxylic acids is 1. The third kappa shape index (κ3) is 4.18. The molecule has 2 unspecified atom stereocenters. The van der Waals surface area contributed by atoms with Gasteiger partial charge in [0.25, 0.3) is 0 Å². The maximum atomic E-state index is 12.0. The number of rotatable bonds is 4. The van der Waals surface area contributed by atoms with Crippen LogP contribution in [0.1, 0.15) is 26.7 Å². The highest BCUT2D eigenvalue weighted by Crippen LogP contribution is 2.10. The van der Waals surface area contributed by atoms with Crippen LogP contribution in [0.25, 0.3) is 0 Å². The molecule has 104 valence electrons. The SMILES string of the molecule is CCC1CN(C(=O)NC(C)CC(=O)O)CCN1C. The fourth-order valence-electron chi connectivity index (χ4n) is 2.19. The second-order valence-corrected chi connectivity index (χ2v) is 4.94. The Morgan fingerprint density at radius 2 is 2.11 bits per heavy atom. The number of piperazine rings is 1. The summed E-state index contributed by atoms with van der Waals surface area (Å²) in [5.41, 5.74) is 0. The van der Waals surface area contributed by atoms with Crippen molar-refractivity contribution >= 4 is 12.0 Å². The van der Waals surface area contributed by atoms with Gasteiger partial charge in [0.05, 0.1) is 6.42 Å². The smallest absolute Gasteiger partial charge is 0.317 e. The molecule has 1 heterocycles. The van der Waals surface area contributed by atoms with E-state index in [-0.39, 0.29) is 18.5 Å². The van der Waals surface area contributed by atoms with Crippen LogP contribution in [0.15, 0.2) is 0 Å². The number of carbonyl (C=O) groups is 2. The zero-order valence-electron chi connectivity index (χ0n) is 11.3. The molecule has 2 amide bonds. The van der Waals surface area contributed by atoms with Crippen molar-refractivity contribution in [3.8, 4) is 0 Å². The van der Waals surface area contributed by atoms with Crippen LogP contribution in [-0.4, -0.2) is 65.7 Å². The number of carboxylic acid groups (broad SMARTS) is 1.